The number of halogens is 6. The molecule has 0 aliphatic rings. The maximum absolute atomic E-state index is 15.4. The second-order valence-electron chi connectivity index (χ2n) is 16.8. The summed E-state index contributed by atoms with van der Waals surface area (Å²) in [5.74, 6) is 0. The van der Waals surface area contributed by atoms with Crippen molar-refractivity contribution in [2.75, 3.05) is 0 Å². The number of para-hydroxylation sites is 2. The van der Waals surface area contributed by atoms with Gasteiger partial charge in [0, 0.05) is 32.7 Å². The first-order valence-electron chi connectivity index (χ1n) is 21.9. The quantitative estimate of drug-likeness (QED) is 0.156. The van der Waals surface area contributed by atoms with Crippen molar-refractivity contribution >= 4 is 43.6 Å². The van der Waals surface area contributed by atoms with Gasteiger partial charge in [0.05, 0.1) is 79.5 Å². The molecule has 0 N–H and O–H groups in total. The highest BCUT2D eigenvalue weighted by Gasteiger charge is 2.39. The zero-order valence-corrected chi connectivity index (χ0v) is 36.4. The second kappa shape index (κ2) is 16.4. The molecule has 0 spiro atoms. The summed E-state index contributed by atoms with van der Waals surface area (Å²) in [4.78, 5) is 0. The fourth-order valence-corrected chi connectivity index (χ4v) is 9.95. The van der Waals surface area contributed by atoms with Crippen LogP contribution in [0.25, 0.3) is 99.5 Å². The van der Waals surface area contributed by atoms with E-state index in [-0.39, 0.29) is 28.3 Å². The zero-order chi connectivity index (χ0) is 48.5. The molecular weight excluding hydrogens is 893 g/mol. The van der Waals surface area contributed by atoms with Crippen LogP contribution in [0.5, 0.6) is 0 Å². The molecule has 0 bridgehead atoms. The van der Waals surface area contributed by atoms with Gasteiger partial charge in [0.2, 0.25) is 0 Å². The first kappa shape index (κ1) is 43.2. The average Bonchev–Trinajstić information content (AvgIpc) is 3.89. The molecule has 0 saturated heterocycles. The Morgan fingerprint density at radius 3 is 1.30 bits per heavy atom. The van der Waals surface area contributed by atoms with Crippen molar-refractivity contribution < 1.29 is 26.3 Å². The van der Waals surface area contributed by atoms with Gasteiger partial charge in [-0.15, -0.1) is 0 Å². The normalized spacial score (nSPS) is 11.8. The van der Waals surface area contributed by atoms with Crippen molar-refractivity contribution in [1.82, 2.24) is 9.13 Å². The van der Waals surface area contributed by atoms with Crippen LogP contribution in [0.3, 0.4) is 0 Å². The van der Waals surface area contributed by atoms with E-state index in [2.05, 4.69) is 18.2 Å². The predicted molar refractivity (Wildman–Crippen MR) is 261 cm³/mol. The molecule has 70 heavy (non-hydrogen) atoms. The summed E-state index contributed by atoms with van der Waals surface area (Å²) in [6.07, 6.45) is -10.3. The molecule has 9 aromatic carbocycles. The van der Waals surface area contributed by atoms with Gasteiger partial charge in [-0.2, -0.15) is 42.1 Å². The summed E-state index contributed by atoms with van der Waals surface area (Å²) in [6, 6.07) is 59.3. The second-order valence-corrected chi connectivity index (χ2v) is 16.8. The lowest BCUT2D eigenvalue weighted by Crippen LogP contribution is -2.13. The maximum atomic E-state index is 15.4. The Kier molecular flexibility index (Phi) is 10.2. The number of rotatable bonds is 6. The Morgan fingerprint density at radius 1 is 0.343 bits per heavy atom. The van der Waals surface area contributed by atoms with Crippen LogP contribution in [0.1, 0.15) is 27.8 Å². The molecule has 0 amide bonds. The molecule has 11 aromatic rings. The number of fused-ring (bicyclic) bond motifs is 6. The van der Waals surface area contributed by atoms with Gasteiger partial charge < -0.3 is 9.13 Å². The van der Waals surface area contributed by atoms with Gasteiger partial charge in [0.25, 0.3) is 0 Å². The molecule has 5 nitrogen and oxygen atoms in total. The van der Waals surface area contributed by atoms with Crippen LogP contribution in [0.4, 0.5) is 26.3 Å². The highest BCUT2D eigenvalue weighted by Crippen LogP contribution is 2.50. The predicted octanol–water partition coefficient (Wildman–Crippen LogP) is 16.2. The summed E-state index contributed by atoms with van der Waals surface area (Å²) in [5, 5.41) is 34.3. The number of alkyl halides is 6. The van der Waals surface area contributed by atoms with Crippen LogP contribution in [0.2, 0.25) is 0 Å². The molecule has 0 aliphatic heterocycles. The minimum absolute atomic E-state index is 0.0656. The fraction of sp³-hybridized carbons (Fsp3) is 0.0339. The van der Waals surface area contributed by atoms with Gasteiger partial charge in [0.1, 0.15) is 0 Å². The fourth-order valence-electron chi connectivity index (χ4n) is 9.95. The van der Waals surface area contributed by atoms with E-state index in [9.17, 15) is 29.0 Å². The van der Waals surface area contributed by atoms with Crippen molar-refractivity contribution in [3.05, 3.63) is 216 Å². The summed E-state index contributed by atoms with van der Waals surface area (Å²) in [7, 11) is 0. The maximum Gasteiger partial charge on any atom is 0.417 e. The van der Waals surface area contributed by atoms with E-state index in [4.69, 9.17) is 0 Å². The van der Waals surface area contributed by atoms with Crippen molar-refractivity contribution in [3.8, 4) is 74.1 Å². The van der Waals surface area contributed by atoms with Gasteiger partial charge in [-0.3, -0.25) is 0 Å². The minimum Gasteiger partial charge on any atom is -0.309 e. The third kappa shape index (κ3) is 6.93. The Morgan fingerprint density at radius 2 is 0.786 bits per heavy atom. The molecule has 0 fully saturated rings. The van der Waals surface area contributed by atoms with Gasteiger partial charge in [0.15, 0.2) is 0 Å². The standard InChI is InChI=1S/C59H31F6N5/c60-58(61,62)40-25-26-43(49(31-40)59(63,64)65)46-18-10-22-55(70-51-20-8-6-17-45(51)48-30-36(24-28-53(48)70)42-15-4-2-12-38(42)33-67)57(46)56-39(34-68)13-9-21-54(56)69-50-19-7-5-16-44(50)47-29-35(23-27-52(47)69)41-14-3-1-11-37(41)32-66/h1-31H. The third-order valence-corrected chi connectivity index (χ3v) is 12.9. The monoisotopic (exact) mass is 923 g/mol. The van der Waals surface area contributed by atoms with E-state index in [0.29, 0.717) is 56.2 Å². The summed E-state index contributed by atoms with van der Waals surface area (Å²) in [5.41, 5.74) is 4.28. The highest BCUT2D eigenvalue weighted by atomic mass is 19.4. The lowest BCUT2D eigenvalue weighted by molar-refractivity contribution is -0.142. The van der Waals surface area contributed by atoms with Crippen molar-refractivity contribution in [1.29, 1.82) is 15.8 Å². The zero-order valence-electron chi connectivity index (χ0n) is 36.4. The van der Waals surface area contributed by atoms with Crippen molar-refractivity contribution in [2.24, 2.45) is 0 Å². The smallest absolute Gasteiger partial charge is 0.309 e. The van der Waals surface area contributed by atoms with Gasteiger partial charge in [-0.25, -0.2) is 0 Å². The Hall–Kier alpha value is -9.37. The number of hydrogen-bond donors (Lipinski definition) is 0. The summed E-state index contributed by atoms with van der Waals surface area (Å²) >= 11 is 0. The number of aromatic nitrogens is 2. The molecule has 11 heteroatoms. The van der Waals surface area contributed by atoms with E-state index in [0.717, 1.165) is 44.3 Å². The van der Waals surface area contributed by atoms with Crippen LogP contribution in [0, 0.1) is 34.0 Å². The first-order valence-corrected chi connectivity index (χ1v) is 21.9. The van der Waals surface area contributed by atoms with Crippen LogP contribution in [0.15, 0.2) is 188 Å². The molecule has 334 valence electrons. The van der Waals surface area contributed by atoms with Gasteiger partial charge in [-0.1, -0.05) is 109 Å². The van der Waals surface area contributed by atoms with Crippen LogP contribution >= 0.6 is 0 Å². The highest BCUT2D eigenvalue weighted by molar-refractivity contribution is 6.14. The number of nitriles is 3. The van der Waals surface area contributed by atoms with Crippen molar-refractivity contribution in [3.63, 3.8) is 0 Å². The van der Waals surface area contributed by atoms with E-state index in [1.54, 1.807) is 54.6 Å². The van der Waals surface area contributed by atoms with Gasteiger partial charge in [-0.05, 0) is 112 Å². The van der Waals surface area contributed by atoms with Crippen molar-refractivity contribution in [2.45, 2.75) is 12.4 Å². The lowest BCUT2D eigenvalue weighted by Gasteiger charge is -2.24. The Bertz CT molecular complexity index is 4100. The molecule has 0 unspecified atom stereocenters. The van der Waals surface area contributed by atoms with Gasteiger partial charge >= 0.3 is 12.4 Å². The number of benzene rings is 9. The Labute approximate surface area is 395 Å². The first-order chi connectivity index (χ1) is 33.9. The van der Waals surface area contributed by atoms with E-state index in [1.165, 1.54) is 6.07 Å². The third-order valence-electron chi connectivity index (χ3n) is 12.9. The molecule has 2 heterocycles. The number of nitrogens with zero attached hydrogens (tertiary/aromatic N) is 5. The molecule has 0 saturated carbocycles. The average molecular weight is 924 g/mol. The molecule has 0 aliphatic carbocycles. The van der Waals surface area contributed by atoms with E-state index < -0.39 is 29.0 Å². The summed E-state index contributed by atoms with van der Waals surface area (Å²) in [6.45, 7) is 0. The van der Waals surface area contributed by atoms with E-state index >= 15 is 13.2 Å². The van der Waals surface area contributed by atoms with Crippen LogP contribution in [-0.4, -0.2) is 9.13 Å². The molecular formula is C59H31F6N5. The largest absolute Gasteiger partial charge is 0.417 e. The van der Waals surface area contributed by atoms with E-state index in [1.807, 2.05) is 118 Å². The molecule has 0 radical (unpaired) electrons. The molecule has 0 atom stereocenters. The topological polar surface area (TPSA) is 81.2 Å². The minimum atomic E-state index is -5.24. The van der Waals surface area contributed by atoms with Crippen LogP contribution < -0.4 is 0 Å². The molecule has 11 rings (SSSR count). The Balaban J connectivity index is 1.28. The number of hydrogen-bond acceptors (Lipinski definition) is 3. The SMILES string of the molecule is N#Cc1ccccc1-c1ccc2c(c1)c1ccccc1n2-c1cccc(C#N)c1-c1c(-c2ccc(C(F)(F)F)cc2C(F)(F)F)cccc1-n1c2ccccc2c2cc(-c3ccccc3C#N)ccc21. The van der Waals surface area contributed by atoms with Crippen LogP contribution in [-0.2, 0) is 12.4 Å². The lowest BCUT2D eigenvalue weighted by atomic mass is 9.86. The molecule has 2 aromatic heterocycles. The summed E-state index contributed by atoms with van der Waals surface area (Å²) < 4.78 is 92.8.